The molecule has 160 valence electrons. The van der Waals surface area contributed by atoms with E-state index < -0.39 is 0 Å². The quantitative estimate of drug-likeness (QED) is 0.398. The first-order valence-corrected chi connectivity index (χ1v) is 10.8. The topological polar surface area (TPSA) is 113 Å². The minimum absolute atomic E-state index is 0.118. The van der Waals surface area contributed by atoms with Crippen LogP contribution in [0.5, 0.6) is 17.2 Å². The third kappa shape index (κ3) is 4.54. The van der Waals surface area contributed by atoms with Crippen molar-refractivity contribution >= 4 is 44.4 Å². The fourth-order valence-electron chi connectivity index (χ4n) is 2.76. The van der Waals surface area contributed by atoms with Crippen LogP contribution in [0.3, 0.4) is 0 Å². The third-order valence-electron chi connectivity index (χ3n) is 4.23. The largest absolute Gasteiger partial charge is 0.497 e. The minimum atomic E-state index is -0.210. The summed E-state index contributed by atoms with van der Waals surface area (Å²) in [7, 11) is 4.73. The number of thiazole rings is 1. The first-order valence-electron chi connectivity index (χ1n) is 8.99. The van der Waals surface area contributed by atoms with Gasteiger partial charge in [0.2, 0.25) is 11.1 Å². The zero-order chi connectivity index (χ0) is 21.8. The van der Waals surface area contributed by atoms with Crippen molar-refractivity contribution in [1.82, 2.24) is 25.2 Å². The number of nitrogens with one attached hydrogen (secondary N) is 1. The summed E-state index contributed by atoms with van der Waals surface area (Å²) in [5, 5.41) is 15.5. The van der Waals surface area contributed by atoms with Gasteiger partial charge in [0.1, 0.15) is 5.75 Å². The number of hydrogen-bond donors (Lipinski definition) is 1. The average molecular weight is 459 g/mol. The van der Waals surface area contributed by atoms with Gasteiger partial charge in [-0.3, -0.25) is 4.79 Å². The van der Waals surface area contributed by atoms with E-state index >= 15 is 0 Å². The summed E-state index contributed by atoms with van der Waals surface area (Å²) in [6.45, 7) is 0. The number of aromatic nitrogens is 5. The van der Waals surface area contributed by atoms with Gasteiger partial charge in [-0.15, -0.1) is 5.10 Å². The molecule has 0 fully saturated rings. The van der Waals surface area contributed by atoms with Crippen LogP contribution in [0.4, 0.5) is 5.13 Å². The number of carbonyl (C=O) groups is 1. The normalized spacial score (nSPS) is 10.8. The number of amides is 1. The number of tetrazole rings is 1. The Hall–Kier alpha value is -3.38. The van der Waals surface area contributed by atoms with Gasteiger partial charge in [-0.05, 0) is 40.8 Å². The molecule has 2 heterocycles. The fourth-order valence-corrected chi connectivity index (χ4v) is 4.36. The van der Waals surface area contributed by atoms with Crippen LogP contribution in [0.2, 0.25) is 0 Å². The molecule has 0 saturated carbocycles. The molecule has 2 aromatic carbocycles. The van der Waals surface area contributed by atoms with Crippen LogP contribution in [-0.2, 0) is 4.79 Å². The summed E-state index contributed by atoms with van der Waals surface area (Å²) in [6.07, 6.45) is 0. The fraction of sp³-hybridized carbons (Fsp3) is 0.211. The van der Waals surface area contributed by atoms with Crippen LogP contribution in [0.1, 0.15) is 0 Å². The average Bonchev–Trinajstić information content (AvgIpc) is 3.42. The van der Waals surface area contributed by atoms with Crippen LogP contribution in [-0.4, -0.2) is 58.2 Å². The highest BCUT2D eigenvalue weighted by Crippen LogP contribution is 2.31. The summed E-state index contributed by atoms with van der Waals surface area (Å²) >= 11 is 2.59. The number of nitrogens with zero attached hydrogens (tertiary/aromatic N) is 5. The van der Waals surface area contributed by atoms with Crippen LogP contribution in [0, 0.1) is 0 Å². The van der Waals surface area contributed by atoms with Crippen LogP contribution >= 0.6 is 23.1 Å². The molecule has 12 heteroatoms. The molecule has 0 spiro atoms. The van der Waals surface area contributed by atoms with Gasteiger partial charge in [-0.1, -0.05) is 23.1 Å². The van der Waals surface area contributed by atoms with E-state index in [1.807, 2.05) is 18.2 Å². The standard InChI is InChI=1S/C19H18N6O4S2/c1-27-12-5-6-13-16(9-12)31-18(20-13)21-17(26)10-30-19-22-23-24-25(19)11-4-7-14(28-2)15(8-11)29-3/h4-9H,10H2,1-3H3,(H,20,21,26). The summed E-state index contributed by atoms with van der Waals surface area (Å²) in [5.41, 5.74) is 1.48. The number of fused-ring (bicyclic) bond motifs is 1. The molecule has 4 aromatic rings. The van der Waals surface area contributed by atoms with Crippen molar-refractivity contribution in [2.24, 2.45) is 0 Å². The molecule has 0 saturated heterocycles. The van der Waals surface area contributed by atoms with E-state index in [1.54, 1.807) is 39.5 Å². The highest BCUT2D eigenvalue weighted by molar-refractivity contribution is 7.99. The number of methoxy groups -OCH3 is 3. The second-order valence-electron chi connectivity index (χ2n) is 6.10. The summed E-state index contributed by atoms with van der Waals surface area (Å²) in [6, 6.07) is 10.9. The van der Waals surface area contributed by atoms with Gasteiger partial charge in [0.05, 0.1) is 43.0 Å². The van der Waals surface area contributed by atoms with Crippen LogP contribution in [0.15, 0.2) is 41.6 Å². The first-order chi connectivity index (χ1) is 15.1. The molecule has 0 unspecified atom stereocenters. The maximum absolute atomic E-state index is 12.4. The van der Waals surface area contributed by atoms with Gasteiger partial charge >= 0.3 is 0 Å². The zero-order valence-corrected chi connectivity index (χ0v) is 18.5. The summed E-state index contributed by atoms with van der Waals surface area (Å²) in [4.78, 5) is 16.9. The van der Waals surface area contributed by atoms with E-state index in [0.29, 0.717) is 27.5 Å². The van der Waals surface area contributed by atoms with Crippen molar-refractivity contribution in [3.05, 3.63) is 36.4 Å². The van der Waals surface area contributed by atoms with Gasteiger partial charge in [-0.2, -0.15) is 4.68 Å². The Morgan fingerprint density at radius 2 is 1.94 bits per heavy atom. The van der Waals surface area contributed by atoms with Crippen molar-refractivity contribution in [1.29, 1.82) is 0 Å². The smallest absolute Gasteiger partial charge is 0.236 e. The predicted molar refractivity (Wildman–Crippen MR) is 118 cm³/mol. The Morgan fingerprint density at radius 3 is 2.71 bits per heavy atom. The number of ether oxygens (including phenoxy) is 3. The molecule has 0 aliphatic carbocycles. The van der Waals surface area contributed by atoms with Crippen molar-refractivity contribution in [3.8, 4) is 22.9 Å². The number of hydrogen-bond acceptors (Lipinski definition) is 10. The molecule has 31 heavy (non-hydrogen) atoms. The minimum Gasteiger partial charge on any atom is -0.497 e. The number of rotatable bonds is 8. The van der Waals surface area contributed by atoms with E-state index in [0.717, 1.165) is 16.0 Å². The van der Waals surface area contributed by atoms with Gasteiger partial charge in [-0.25, -0.2) is 4.98 Å². The van der Waals surface area contributed by atoms with Crippen LogP contribution in [0.25, 0.3) is 15.9 Å². The summed E-state index contributed by atoms with van der Waals surface area (Å²) in [5.74, 6) is 1.80. The SMILES string of the molecule is COc1ccc2nc(NC(=O)CSc3nnnn3-c3ccc(OC)c(OC)c3)sc2c1. The lowest BCUT2D eigenvalue weighted by Gasteiger charge is -2.10. The molecule has 0 radical (unpaired) electrons. The Labute approximate surface area is 185 Å². The third-order valence-corrected chi connectivity index (χ3v) is 6.08. The van der Waals surface area contributed by atoms with E-state index in [4.69, 9.17) is 14.2 Å². The summed E-state index contributed by atoms with van der Waals surface area (Å²) < 4.78 is 18.3. The molecule has 1 amide bonds. The lowest BCUT2D eigenvalue weighted by molar-refractivity contribution is -0.113. The van der Waals surface area contributed by atoms with E-state index in [9.17, 15) is 4.79 Å². The molecule has 2 aromatic heterocycles. The van der Waals surface area contributed by atoms with E-state index in [2.05, 4.69) is 25.8 Å². The van der Waals surface area contributed by atoms with Crippen molar-refractivity contribution in [3.63, 3.8) is 0 Å². The molecule has 0 aliphatic rings. The van der Waals surface area contributed by atoms with Gasteiger partial charge < -0.3 is 19.5 Å². The Kier molecular flexibility index (Phi) is 6.18. The highest BCUT2D eigenvalue weighted by Gasteiger charge is 2.15. The lowest BCUT2D eigenvalue weighted by atomic mass is 10.3. The Balaban J connectivity index is 1.43. The second-order valence-corrected chi connectivity index (χ2v) is 8.08. The second kappa shape index (κ2) is 9.18. The Morgan fingerprint density at radius 1 is 1.10 bits per heavy atom. The molecule has 0 bridgehead atoms. The molecule has 4 rings (SSSR count). The van der Waals surface area contributed by atoms with E-state index in [1.165, 1.54) is 27.8 Å². The monoisotopic (exact) mass is 458 g/mol. The van der Waals surface area contributed by atoms with Crippen molar-refractivity contribution < 1.29 is 19.0 Å². The zero-order valence-electron chi connectivity index (χ0n) is 16.9. The van der Waals surface area contributed by atoms with E-state index in [-0.39, 0.29) is 11.7 Å². The molecular formula is C19H18N6O4S2. The lowest BCUT2D eigenvalue weighted by Crippen LogP contribution is -2.14. The number of anilines is 1. The predicted octanol–water partition coefficient (Wildman–Crippen LogP) is 3.03. The van der Waals surface area contributed by atoms with Gasteiger partial charge in [0.25, 0.3) is 0 Å². The van der Waals surface area contributed by atoms with Gasteiger partial charge in [0.15, 0.2) is 16.6 Å². The number of carbonyl (C=O) groups excluding carboxylic acids is 1. The maximum Gasteiger partial charge on any atom is 0.236 e. The van der Waals surface area contributed by atoms with Crippen LogP contribution < -0.4 is 19.5 Å². The maximum atomic E-state index is 12.4. The van der Waals surface area contributed by atoms with Gasteiger partial charge in [0, 0.05) is 6.07 Å². The van der Waals surface area contributed by atoms with Crippen molar-refractivity contribution in [2.45, 2.75) is 5.16 Å². The molecule has 10 nitrogen and oxygen atoms in total. The molecular weight excluding hydrogens is 440 g/mol. The molecule has 0 atom stereocenters. The molecule has 1 N–H and O–H groups in total. The Bertz CT molecular complexity index is 1230. The number of thioether (sulfide) groups is 1. The highest BCUT2D eigenvalue weighted by atomic mass is 32.2. The first kappa shape index (κ1) is 20.9. The van der Waals surface area contributed by atoms with Crippen molar-refractivity contribution in [2.75, 3.05) is 32.4 Å². The number of benzene rings is 2. The molecule has 0 aliphatic heterocycles.